The Morgan fingerprint density at radius 1 is 1.53 bits per heavy atom. The molecule has 0 aromatic carbocycles. The lowest BCUT2D eigenvalue weighted by molar-refractivity contribution is -0.138. The molecule has 0 saturated heterocycles. The highest BCUT2D eigenvalue weighted by Gasteiger charge is 2.19. The van der Waals surface area contributed by atoms with Crippen LogP contribution in [0.4, 0.5) is 4.79 Å². The predicted molar refractivity (Wildman–Crippen MR) is 69.7 cm³/mol. The van der Waals surface area contributed by atoms with Crippen molar-refractivity contribution in [2.75, 3.05) is 6.54 Å². The van der Waals surface area contributed by atoms with Gasteiger partial charge in [0.2, 0.25) is 0 Å². The summed E-state index contributed by atoms with van der Waals surface area (Å²) in [4.78, 5) is 23.9. The van der Waals surface area contributed by atoms with Gasteiger partial charge in [0.25, 0.3) is 0 Å². The molecule has 0 spiro atoms. The summed E-state index contributed by atoms with van der Waals surface area (Å²) in [6, 6.07) is -0.563. The Kier molecular flexibility index (Phi) is 4.91. The minimum Gasteiger partial charge on any atom is -0.480 e. The molecular formula is C12H20N4O3. The number of urea groups is 1. The number of carbonyl (C=O) groups excluding carboxylic acids is 1. The van der Waals surface area contributed by atoms with Gasteiger partial charge in [0.15, 0.2) is 0 Å². The molecule has 1 rings (SSSR count). The zero-order valence-electron chi connectivity index (χ0n) is 11.7. The van der Waals surface area contributed by atoms with Gasteiger partial charge in [0, 0.05) is 31.4 Å². The Morgan fingerprint density at radius 2 is 2.16 bits per heavy atom. The molecule has 0 saturated carbocycles. The van der Waals surface area contributed by atoms with E-state index in [2.05, 4.69) is 10.4 Å². The predicted octanol–water partition coefficient (Wildman–Crippen LogP) is 0.733. The molecule has 0 bridgehead atoms. The van der Waals surface area contributed by atoms with Crippen LogP contribution in [0, 0.1) is 6.92 Å². The molecule has 0 radical (unpaired) electrons. The summed E-state index contributed by atoms with van der Waals surface area (Å²) in [6.07, 6.45) is 1.83. The lowest BCUT2D eigenvalue weighted by Gasteiger charge is -2.25. The number of aryl methyl sites for hydroxylation is 2. The van der Waals surface area contributed by atoms with Crippen LogP contribution >= 0.6 is 0 Å². The van der Waals surface area contributed by atoms with Crippen LogP contribution in [0.15, 0.2) is 6.20 Å². The van der Waals surface area contributed by atoms with Gasteiger partial charge in [-0.15, -0.1) is 0 Å². The number of nitrogens with zero attached hydrogens (tertiary/aromatic N) is 3. The number of hydrogen-bond acceptors (Lipinski definition) is 3. The van der Waals surface area contributed by atoms with E-state index in [9.17, 15) is 9.59 Å². The second kappa shape index (κ2) is 6.21. The first-order chi connectivity index (χ1) is 8.81. The maximum absolute atomic E-state index is 11.9. The van der Waals surface area contributed by atoms with Gasteiger partial charge in [-0.2, -0.15) is 5.10 Å². The smallest absolute Gasteiger partial charge is 0.323 e. The normalized spacial score (nSPS) is 10.6. The minimum atomic E-state index is -1.03. The van der Waals surface area contributed by atoms with Gasteiger partial charge in [-0.05, 0) is 20.8 Å². The quantitative estimate of drug-likeness (QED) is 0.824. The van der Waals surface area contributed by atoms with Crippen molar-refractivity contribution >= 4 is 12.0 Å². The molecule has 0 fully saturated rings. The first-order valence-electron chi connectivity index (χ1n) is 6.06. The van der Waals surface area contributed by atoms with Crippen LogP contribution in [0.25, 0.3) is 0 Å². The molecule has 1 aromatic heterocycles. The Balaban J connectivity index is 2.62. The number of carboxylic acids is 1. The molecule has 0 unspecified atom stereocenters. The van der Waals surface area contributed by atoms with Gasteiger partial charge in [-0.25, -0.2) is 4.79 Å². The fourth-order valence-electron chi connectivity index (χ4n) is 1.73. The maximum atomic E-state index is 11.9. The molecule has 2 amide bonds. The van der Waals surface area contributed by atoms with Crippen LogP contribution < -0.4 is 5.32 Å². The van der Waals surface area contributed by atoms with E-state index in [1.54, 1.807) is 18.5 Å². The van der Waals surface area contributed by atoms with Gasteiger partial charge < -0.3 is 15.3 Å². The van der Waals surface area contributed by atoms with Crippen molar-refractivity contribution in [2.45, 2.75) is 33.4 Å². The number of aromatic nitrogens is 2. The number of aliphatic carboxylic acids is 1. The molecule has 7 nitrogen and oxygen atoms in total. The van der Waals surface area contributed by atoms with Crippen LogP contribution in [0.1, 0.15) is 25.1 Å². The standard InChI is InChI=1S/C12H20N4O3/c1-8(2)16(7-11(17)18)12(19)13-5-10-6-15(4)14-9(10)3/h6,8H,5,7H2,1-4H3,(H,13,19)(H,17,18). The topological polar surface area (TPSA) is 87.5 Å². The van der Waals surface area contributed by atoms with Crippen molar-refractivity contribution in [1.29, 1.82) is 0 Å². The highest BCUT2D eigenvalue weighted by atomic mass is 16.4. The summed E-state index contributed by atoms with van der Waals surface area (Å²) in [6.45, 7) is 5.44. The molecule has 7 heteroatoms. The lowest BCUT2D eigenvalue weighted by Crippen LogP contribution is -2.46. The summed E-state index contributed by atoms with van der Waals surface area (Å²) >= 11 is 0. The van der Waals surface area contributed by atoms with Crippen molar-refractivity contribution in [3.8, 4) is 0 Å². The molecule has 0 atom stereocenters. The summed E-state index contributed by atoms with van der Waals surface area (Å²) in [5.41, 5.74) is 1.76. The van der Waals surface area contributed by atoms with E-state index in [1.165, 1.54) is 4.90 Å². The number of rotatable bonds is 5. The molecule has 0 aliphatic carbocycles. The number of carboxylic acid groups (broad SMARTS) is 1. The lowest BCUT2D eigenvalue weighted by atomic mass is 10.2. The van der Waals surface area contributed by atoms with Crippen LogP contribution in [-0.4, -0.2) is 44.4 Å². The number of carbonyl (C=O) groups is 2. The first kappa shape index (κ1) is 15.0. The van der Waals surface area contributed by atoms with E-state index >= 15 is 0 Å². The zero-order chi connectivity index (χ0) is 14.6. The van der Waals surface area contributed by atoms with E-state index in [0.717, 1.165) is 11.3 Å². The third-order valence-electron chi connectivity index (χ3n) is 2.74. The van der Waals surface area contributed by atoms with Crippen molar-refractivity contribution in [3.05, 3.63) is 17.5 Å². The highest BCUT2D eigenvalue weighted by Crippen LogP contribution is 2.05. The molecule has 0 aliphatic rings. The number of amides is 2. The van der Waals surface area contributed by atoms with Crippen molar-refractivity contribution in [3.63, 3.8) is 0 Å². The summed E-state index contributed by atoms with van der Waals surface area (Å²) in [5, 5.41) is 15.7. The molecule has 0 aliphatic heterocycles. The largest absolute Gasteiger partial charge is 0.480 e. The fourth-order valence-corrected chi connectivity index (χ4v) is 1.73. The van der Waals surface area contributed by atoms with Crippen LogP contribution in [-0.2, 0) is 18.4 Å². The SMILES string of the molecule is Cc1nn(C)cc1CNC(=O)N(CC(=O)O)C(C)C. The van der Waals surface area contributed by atoms with E-state index in [-0.39, 0.29) is 18.6 Å². The van der Waals surface area contributed by atoms with Crippen LogP contribution in [0.5, 0.6) is 0 Å². The summed E-state index contributed by atoms with van der Waals surface area (Å²) in [5.74, 6) is -1.03. The van der Waals surface area contributed by atoms with E-state index in [1.807, 2.05) is 20.2 Å². The average Bonchev–Trinajstić information content (AvgIpc) is 2.61. The van der Waals surface area contributed by atoms with Gasteiger partial charge in [0.1, 0.15) is 6.54 Å². The number of nitrogens with one attached hydrogen (secondary N) is 1. The van der Waals surface area contributed by atoms with E-state index in [0.29, 0.717) is 6.54 Å². The summed E-state index contributed by atoms with van der Waals surface area (Å²) in [7, 11) is 1.81. The Bertz CT molecular complexity index is 468. The highest BCUT2D eigenvalue weighted by molar-refractivity contribution is 5.80. The second-order valence-corrected chi connectivity index (χ2v) is 4.69. The van der Waals surface area contributed by atoms with Crippen LogP contribution in [0.2, 0.25) is 0 Å². The fraction of sp³-hybridized carbons (Fsp3) is 0.583. The molecule has 2 N–H and O–H groups in total. The minimum absolute atomic E-state index is 0.175. The maximum Gasteiger partial charge on any atom is 0.323 e. The Morgan fingerprint density at radius 3 is 2.58 bits per heavy atom. The average molecular weight is 268 g/mol. The van der Waals surface area contributed by atoms with E-state index < -0.39 is 5.97 Å². The second-order valence-electron chi connectivity index (χ2n) is 4.69. The monoisotopic (exact) mass is 268 g/mol. The molecule has 19 heavy (non-hydrogen) atoms. The molecule has 1 aromatic rings. The summed E-state index contributed by atoms with van der Waals surface area (Å²) < 4.78 is 1.67. The molecule has 106 valence electrons. The van der Waals surface area contributed by atoms with Crippen molar-refractivity contribution < 1.29 is 14.7 Å². The van der Waals surface area contributed by atoms with Crippen molar-refractivity contribution in [1.82, 2.24) is 20.0 Å². The van der Waals surface area contributed by atoms with Gasteiger partial charge >= 0.3 is 12.0 Å². The molecular weight excluding hydrogens is 248 g/mol. The zero-order valence-corrected chi connectivity index (χ0v) is 11.7. The number of hydrogen-bond donors (Lipinski definition) is 2. The first-order valence-corrected chi connectivity index (χ1v) is 6.06. The van der Waals surface area contributed by atoms with Crippen LogP contribution in [0.3, 0.4) is 0 Å². The Labute approximate surface area is 112 Å². The third-order valence-corrected chi connectivity index (χ3v) is 2.74. The Hall–Kier alpha value is -2.05. The van der Waals surface area contributed by atoms with Gasteiger partial charge in [-0.1, -0.05) is 0 Å². The van der Waals surface area contributed by atoms with Gasteiger partial charge in [-0.3, -0.25) is 9.48 Å². The van der Waals surface area contributed by atoms with E-state index in [4.69, 9.17) is 5.11 Å². The molecule has 1 heterocycles. The third kappa shape index (κ3) is 4.27. The van der Waals surface area contributed by atoms with Crippen molar-refractivity contribution in [2.24, 2.45) is 7.05 Å². The van der Waals surface area contributed by atoms with Gasteiger partial charge in [0.05, 0.1) is 5.69 Å².